The number of rotatable bonds is 8. The molecular formula is C29H29FN4O4. The van der Waals surface area contributed by atoms with Crippen molar-refractivity contribution in [3.63, 3.8) is 0 Å². The van der Waals surface area contributed by atoms with Crippen LogP contribution in [0.4, 0.5) is 21.8 Å². The summed E-state index contributed by atoms with van der Waals surface area (Å²) in [5.74, 6) is -0.554. The number of aryl methyl sites for hydroxylation is 1. The molecule has 0 spiro atoms. The monoisotopic (exact) mass is 516 g/mol. The Labute approximate surface area is 219 Å². The molecule has 3 aromatic carbocycles. The summed E-state index contributed by atoms with van der Waals surface area (Å²) in [5.41, 5.74) is 5.23. The SMILES string of the molecule is COC(=O)c1ccc(NC[C@@H]2C[C@H](F)CN2C(=O)Cc2ccc3nc(Nc4ccccc4C)oc3c2)cc1. The van der Waals surface area contributed by atoms with E-state index in [2.05, 4.69) is 15.6 Å². The Balaban J connectivity index is 1.22. The predicted octanol–water partition coefficient (Wildman–Crippen LogP) is 5.26. The summed E-state index contributed by atoms with van der Waals surface area (Å²) in [7, 11) is 1.33. The molecule has 0 unspecified atom stereocenters. The van der Waals surface area contributed by atoms with Crippen LogP contribution in [0.2, 0.25) is 0 Å². The van der Waals surface area contributed by atoms with Crippen molar-refractivity contribution in [1.82, 2.24) is 9.88 Å². The molecule has 38 heavy (non-hydrogen) atoms. The standard InChI is InChI=1S/C29H29FN4O4/c1-18-5-3-4-6-24(18)32-29-33-25-12-7-19(13-26(25)38-29)14-27(35)34-17-21(30)15-23(34)16-31-22-10-8-20(9-11-22)28(36)37-2/h3-13,21,23,31H,14-17H2,1-2H3,(H,32,33)/t21-,23-/m0/s1. The third-order valence-corrected chi connectivity index (χ3v) is 6.73. The van der Waals surface area contributed by atoms with Crippen molar-refractivity contribution in [2.45, 2.75) is 32.0 Å². The third-order valence-electron chi connectivity index (χ3n) is 6.73. The van der Waals surface area contributed by atoms with Crippen molar-refractivity contribution in [3.8, 4) is 0 Å². The number of likely N-dealkylation sites (tertiary alicyclic amines) is 1. The number of aromatic nitrogens is 1. The van der Waals surface area contributed by atoms with Crippen LogP contribution in [0.15, 0.2) is 71.1 Å². The second-order valence-corrected chi connectivity index (χ2v) is 9.42. The first-order chi connectivity index (χ1) is 18.4. The van der Waals surface area contributed by atoms with Gasteiger partial charge in [0.15, 0.2) is 5.58 Å². The molecule has 2 N–H and O–H groups in total. The molecule has 0 radical (unpaired) electrons. The zero-order valence-corrected chi connectivity index (χ0v) is 21.2. The lowest BCUT2D eigenvalue weighted by atomic mass is 10.1. The highest BCUT2D eigenvalue weighted by Gasteiger charge is 2.35. The summed E-state index contributed by atoms with van der Waals surface area (Å²) < 4.78 is 24.9. The lowest BCUT2D eigenvalue weighted by Gasteiger charge is -2.25. The van der Waals surface area contributed by atoms with Gasteiger partial charge in [-0.3, -0.25) is 4.79 Å². The van der Waals surface area contributed by atoms with Crippen LogP contribution in [-0.4, -0.2) is 54.2 Å². The van der Waals surface area contributed by atoms with E-state index < -0.39 is 12.1 Å². The van der Waals surface area contributed by atoms with Gasteiger partial charge in [-0.2, -0.15) is 4.98 Å². The minimum Gasteiger partial charge on any atom is -0.465 e. The second kappa shape index (κ2) is 10.9. The van der Waals surface area contributed by atoms with E-state index >= 15 is 0 Å². The van der Waals surface area contributed by atoms with Gasteiger partial charge < -0.3 is 24.7 Å². The van der Waals surface area contributed by atoms with E-state index in [9.17, 15) is 14.0 Å². The van der Waals surface area contributed by atoms with Crippen LogP contribution in [0.25, 0.3) is 11.1 Å². The van der Waals surface area contributed by atoms with Crippen molar-refractivity contribution in [2.24, 2.45) is 0 Å². The van der Waals surface area contributed by atoms with Crippen molar-refractivity contribution in [3.05, 3.63) is 83.4 Å². The number of methoxy groups -OCH3 is 1. The van der Waals surface area contributed by atoms with E-state index in [1.54, 1.807) is 29.2 Å². The minimum absolute atomic E-state index is 0.0709. The zero-order chi connectivity index (χ0) is 26.6. The van der Waals surface area contributed by atoms with E-state index in [1.165, 1.54) is 7.11 Å². The number of carbonyl (C=O) groups is 2. The van der Waals surface area contributed by atoms with Crippen LogP contribution < -0.4 is 10.6 Å². The first kappa shape index (κ1) is 25.3. The number of hydrogen-bond acceptors (Lipinski definition) is 7. The maximum atomic E-state index is 14.3. The molecule has 0 saturated carbocycles. The zero-order valence-electron chi connectivity index (χ0n) is 21.2. The maximum Gasteiger partial charge on any atom is 0.337 e. The van der Waals surface area contributed by atoms with Gasteiger partial charge in [-0.25, -0.2) is 9.18 Å². The van der Waals surface area contributed by atoms with Gasteiger partial charge in [0.25, 0.3) is 6.01 Å². The van der Waals surface area contributed by atoms with Crippen molar-refractivity contribution >= 4 is 40.4 Å². The van der Waals surface area contributed by atoms with Crippen molar-refractivity contribution in [2.75, 3.05) is 30.8 Å². The summed E-state index contributed by atoms with van der Waals surface area (Å²) in [6.45, 7) is 2.47. The average Bonchev–Trinajstić information content (AvgIpc) is 3.50. The number of amides is 1. The number of nitrogens with one attached hydrogen (secondary N) is 2. The van der Waals surface area contributed by atoms with E-state index in [0.717, 1.165) is 22.5 Å². The molecule has 0 bridgehead atoms. The fraction of sp³-hybridized carbons (Fsp3) is 0.276. The summed E-state index contributed by atoms with van der Waals surface area (Å²) in [5, 5.41) is 6.44. The number of nitrogens with zero attached hydrogens (tertiary/aromatic N) is 2. The Morgan fingerprint density at radius 3 is 2.68 bits per heavy atom. The minimum atomic E-state index is -1.07. The fourth-order valence-electron chi connectivity index (χ4n) is 4.67. The number of para-hydroxylation sites is 1. The first-order valence-corrected chi connectivity index (χ1v) is 12.5. The maximum absolute atomic E-state index is 14.3. The lowest BCUT2D eigenvalue weighted by Crippen LogP contribution is -2.40. The molecule has 1 fully saturated rings. The Morgan fingerprint density at radius 2 is 1.92 bits per heavy atom. The number of ether oxygens (including phenoxy) is 1. The molecule has 2 atom stereocenters. The van der Waals surface area contributed by atoms with Gasteiger partial charge >= 0.3 is 5.97 Å². The Morgan fingerprint density at radius 1 is 1.13 bits per heavy atom. The van der Waals surface area contributed by atoms with E-state index in [1.807, 2.05) is 49.4 Å². The van der Waals surface area contributed by atoms with Crippen LogP contribution in [0.3, 0.4) is 0 Å². The van der Waals surface area contributed by atoms with Gasteiger partial charge in [-0.15, -0.1) is 0 Å². The first-order valence-electron chi connectivity index (χ1n) is 12.5. The number of fused-ring (bicyclic) bond motifs is 1. The number of oxazole rings is 1. The van der Waals surface area contributed by atoms with Gasteiger partial charge in [-0.1, -0.05) is 24.3 Å². The van der Waals surface area contributed by atoms with Gasteiger partial charge in [-0.05, 0) is 60.5 Å². The molecule has 1 saturated heterocycles. The highest BCUT2D eigenvalue weighted by Crippen LogP contribution is 2.26. The summed E-state index contributed by atoms with van der Waals surface area (Å²) in [6.07, 6.45) is -0.665. The molecule has 1 aliphatic heterocycles. The quantitative estimate of drug-likeness (QED) is 0.308. The molecule has 8 nitrogen and oxygen atoms in total. The van der Waals surface area contributed by atoms with Crippen molar-refractivity contribution < 1.29 is 23.1 Å². The Kier molecular flexibility index (Phi) is 7.26. The molecule has 1 aromatic heterocycles. The van der Waals surface area contributed by atoms with Crippen molar-refractivity contribution in [1.29, 1.82) is 0 Å². The van der Waals surface area contributed by atoms with Gasteiger partial charge in [0, 0.05) is 24.3 Å². The number of benzene rings is 3. The lowest BCUT2D eigenvalue weighted by molar-refractivity contribution is -0.131. The Hall–Kier alpha value is -4.40. The van der Waals surface area contributed by atoms with Gasteiger partial charge in [0.2, 0.25) is 5.91 Å². The molecule has 1 aliphatic rings. The molecular weight excluding hydrogens is 487 g/mol. The molecule has 1 amide bonds. The molecule has 0 aliphatic carbocycles. The number of esters is 1. The summed E-state index contributed by atoms with van der Waals surface area (Å²) >= 11 is 0. The van der Waals surface area contributed by atoms with Gasteiger partial charge in [0.05, 0.1) is 31.7 Å². The largest absolute Gasteiger partial charge is 0.465 e. The molecule has 4 aromatic rings. The van der Waals surface area contributed by atoms with E-state index in [4.69, 9.17) is 9.15 Å². The molecule has 5 rings (SSSR count). The van der Waals surface area contributed by atoms with Crippen LogP contribution in [0.5, 0.6) is 0 Å². The highest BCUT2D eigenvalue weighted by molar-refractivity contribution is 5.89. The van der Waals surface area contributed by atoms with Gasteiger partial charge in [0.1, 0.15) is 11.7 Å². The average molecular weight is 517 g/mol. The predicted molar refractivity (Wildman–Crippen MR) is 143 cm³/mol. The summed E-state index contributed by atoms with van der Waals surface area (Å²) in [4.78, 5) is 30.9. The number of halogens is 1. The van der Waals surface area contributed by atoms with E-state index in [-0.39, 0.29) is 31.3 Å². The van der Waals surface area contributed by atoms with Crippen LogP contribution in [-0.2, 0) is 16.0 Å². The molecule has 2 heterocycles. The number of anilines is 3. The number of alkyl halides is 1. The summed E-state index contributed by atoms with van der Waals surface area (Å²) in [6, 6.07) is 20.3. The van der Waals surface area contributed by atoms with E-state index in [0.29, 0.717) is 29.2 Å². The topological polar surface area (TPSA) is 96.7 Å². The number of carbonyl (C=O) groups excluding carboxylic acids is 2. The second-order valence-electron chi connectivity index (χ2n) is 9.42. The smallest absolute Gasteiger partial charge is 0.337 e. The fourth-order valence-corrected chi connectivity index (χ4v) is 4.67. The van der Waals surface area contributed by atoms with Crippen LogP contribution in [0.1, 0.15) is 27.9 Å². The molecule has 196 valence electrons. The van der Waals surface area contributed by atoms with Crippen LogP contribution in [0, 0.1) is 6.92 Å². The highest BCUT2D eigenvalue weighted by atomic mass is 19.1. The Bertz CT molecular complexity index is 1450. The van der Waals surface area contributed by atoms with Crippen LogP contribution >= 0.6 is 0 Å². The third kappa shape index (κ3) is 5.61. The normalized spacial score (nSPS) is 17.0. The number of hydrogen-bond donors (Lipinski definition) is 2. The molecule has 9 heteroatoms.